The Labute approximate surface area is 118 Å². The van der Waals surface area contributed by atoms with Gasteiger partial charge in [-0.15, -0.1) is 5.10 Å². The molecule has 0 spiro atoms. The number of benzene rings is 2. The zero-order valence-corrected chi connectivity index (χ0v) is 11.3. The highest BCUT2D eigenvalue weighted by atomic mass is 15.4. The molecule has 0 fully saturated rings. The van der Waals surface area contributed by atoms with Crippen molar-refractivity contribution in [3.8, 4) is 5.69 Å². The highest BCUT2D eigenvalue weighted by molar-refractivity contribution is 5.60. The molecule has 4 heteroatoms. The second kappa shape index (κ2) is 5.57. The topological polar surface area (TPSA) is 42.7 Å². The summed E-state index contributed by atoms with van der Waals surface area (Å²) in [5, 5.41) is 11.4. The van der Waals surface area contributed by atoms with Crippen LogP contribution in [-0.4, -0.2) is 15.0 Å². The number of hydrogen-bond donors (Lipinski definition) is 1. The molecule has 0 amide bonds. The Morgan fingerprint density at radius 1 is 1.05 bits per heavy atom. The summed E-state index contributed by atoms with van der Waals surface area (Å²) in [5.74, 6) is 0. The Hall–Kier alpha value is -2.62. The van der Waals surface area contributed by atoms with Gasteiger partial charge in [-0.1, -0.05) is 41.6 Å². The van der Waals surface area contributed by atoms with Crippen molar-refractivity contribution in [1.82, 2.24) is 15.0 Å². The quantitative estimate of drug-likeness (QED) is 0.787. The molecular weight excluding hydrogens is 248 g/mol. The Kier molecular flexibility index (Phi) is 3.46. The summed E-state index contributed by atoms with van der Waals surface area (Å²) in [6.45, 7) is 2.92. The van der Waals surface area contributed by atoms with E-state index >= 15 is 0 Å². The number of anilines is 1. The summed E-state index contributed by atoms with van der Waals surface area (Å²) in [5.41, 5.74) is 4.62. The van der Waals surface area contributed by atoms with Crippen LogP contribution in [0.2, 0.25) is 0 Å². The van der Waals surface area contributed by atoms with Gasteiger partial charge in [0, 0.05) is 6.54 Å². The van der Waals surface area contributed by atoms with Crippen molar-refractivity contribution in [2.45, 2.75) is 13.5 Å². The molecule has 0 atom stereocenters. The van der Waals surface area contributed by atoms with Crippen molar-refractivity contribution >= 4 is 5.69 Å². The van der Waals surface area contributed by atoms with Crippen LogP contribution in [0.5, 0.6) is 0 Å². The molecule has 0 aliphatic heterocycles. The molecule has 100 valence electrons. The molecule has 0 saturated heterocycles. The maximum Gasteiger partial charge on any atom is 0.0894 e. The fraction of sp³-hybridized carbons (Fsp3) is 0.125. The standard InChI is InChI=1S/C16H16N4/c1-13-6-2-3-7-14(13)12-17-15-8-4-5-9-16(15)20-11-10-18-19-20/h2-11,17H,12H2,1H3. The van der Waals surface area contributed by atoms with Crippen LogP contribution in [0, 0.1) is 6.92 Å². The minimum Gasteiger partial charge on any atom is -0.379 e. The van der Waals surface area contributed by atoms with Crippen molar-refractivity contribution in [2.24, 2.45) is 0 Å². The lowest BCUT2D eigenvalue weighted by Crippen LogP contribution is -2.05. The zero-order valence-electron chi connectivity index (χ0n) is 11.3. The average molecular weight is 264 g/mol. The van der Waals surface area contributed by atoms with Gasteiger partial charge in [0.15, 0.2) is 0 Å². The van der Waals surface area contributed by atoms with Gasteiger partial charge in [-0.3, -0.25) is 0 Å². The van der Waals surface area contributed by atoms with Crippen LogP contribution in [0.4, 0.5) is 5.69 Å². The van der Waals surface area contributed by atoms with Gasteiger partial charge in [-0.2, -0.15) is 0 Å². The Morgan fingerprint density at radius 2 is 1.85 bits per heavy atom. The van der Waals surface area contributed by atoms with E-state index in [2.05, 4.69) is 52.9 Å². The number of aromatic nitrogens is 3. The van der Waals surface area contributed by atoms with E-state index in [9.17, 15) is 0 Å². The van der Waals surface area contributed by atoms with Crippen molar-refractivity contribution in [1.29, 1.82) is 0 Å². The molecule has 0 aliphatic carbocycles. The van der Waals surface area contributed by atoms with Crippen LogP contribution >= 0.6 is 0 Å². The summed E-state index contributed by atoms with van der Waals surface area (Å²) in [4.78, 5) is 0. The molecule has 1 heterocycles. The van der Waals surface area contributed by atoms with E-state index in [0.29, 0.717) is 0 Å². The second-order valence-electron chi connectivity index (χ2n) is 4.64. The fourth-order valence-electron chi connectivity index (χ4n) is 2.16. The van der Waals surface area contributed by atoms with Crippen molar-refractivity contribution in [3.63, 3.8) is 0 Å². The van der Waals surface area contributed by atoms with Crippen LogP contribution in [0.25, 0.3) is 5.69 Å². The molecule has 0 radical (unpaired) electrons. The monoisotopic (exact) mass is 264 g/mol. The first kappa shape index (κ1) is 12.4. The number of aryl methyl sites for hydroxylation is 1. The van der Waals surface area contributed by atoms with Crippen LogP contribution in [0.15, 0.2) is 60.9 Å². The lowest BCUT2D eigenvalue weighted by molar-refractivity contribution is 0.803. The van der Waals surface area contributed by atoms with E-state index in [1.54, 1.807) is 10.9 Å². The van der Waals surface area contributed by atoms with Gasteiger partial charge in [0.1, 0.15) is 0 Å². The second-order valence-corrected chi connectivity index (χ2v) is 4.64. The lowest BCUT2D eigenvalue weighted by Gasteiger charge is -2.12. The van der Waals surface area contributed by atoms with Gasteiger partial charge in [-0.05, 0) is 30.2 Å². The first-order valence-corrected chi connectivity index (χ1v) is 6.59. The zero-order chi connectivity index (χ0) is 13.8. The van der Waals surface area contributed by atoms with Gasteiger partial charge < -0.3 is 5.32 Å². The Morgan fingerprint density at radius 3 is 2.65 bits per heavy atom. The lowest BCUT2D eigenvalue weighted by atomic mass is 10.1. The molecule has 0 bridgehead atoms. The van der Waals surface area contributed by atoms with Crippen LogP contribution in [0.1, 0.15) is 11.1 Å². The number of para-hydroxylation sites is 2. The van der Waals surface area contributed by atoms with Gasteiger partial charge >= 0.3 is 0 Å². The SMILES string of the molecule is Cc1ccccc1CNc1ccccc1-n1ccnn1. The highest BCUT2D eigenvalue weighted by Gasteiger charge is 2.04. The van der Waals surface area contributed by atoms with Crippen LogP contribution in [-0.2, 0) is 6.54 Å². The molecular formula is C16H16N4. The summed E-state index contributed by atoms with van der Waals surface area (Å²) < 4.78 is 1.76. The third-order valence-electron chi connectivity index (χ3n) is 3.30. The predicted octanol–water partition coefficient (Wildman–Crippen LogP) is 3.19. The number of rotatable bonds is 4. The molecule has 3 rings (SSSR count). The molecule has 1 N–H and O–H groups in total. The first-order chi connectivity index (χ1) is 9.84. The summed E-state index contributed by atoms with van der Waals surface area (Å²) in [6, 6.07) is 16.5. The summed E-state index contributed by atoms with van der Waals surface area (Å²) in [7, 11) is 0. The van der Waals surface area contributed by atoms with Crippen molar-refractivity contribution in [3.05, 3.63) is 72.1 Å². The van der Waals surface area contributed by atoms with Gasteiger partial charge in [0.25, 0.3) is 0 Å². The average Bonchev–Trinajstić information content (AvgIpc) is 3.01. The smallest absolute Gasteiger partial charge is 0.0894 e. The fourth-order valence-corrected chi connectivity index (χ4v) is 2.16. The van der Waals surface area contributed by atoms with E-state index in [-0.39, 0.29) is 0 Å². The van der Waals surface area contributed by atoms with Gasteiger partial charge in [0.05, 0.1) is 23.8 Å². The first-order valence-electron chi connectivity index (χ1n) is 6.59. The van der Waals surface area contributed by atoms with Crippen molar-refractivity contribution in [2.75, 3.05) is 5.32 Å². The number of nitrogens with one attached hydrogen (secondary N) is 1. The molecule has 4 nitrogen and oxygen atoms in total. The summed E-state index contributed by atoms with van der Waals surface area (Å²) in [6.07, 6.45) is 3.52. The largest absolute Gasteiger partial charge is 0.379 e. The number of nitrogens with zero attached hydrogens (tertiary/aromatic N) is 3. The predicted molar refractivity (Wildman–Crippen MR) is 79.9 cm³/mol. The Bertz CT molecular complexity index is 689. The molecule has 20 heavy (non-hydrogen) atoms. The molecule has 3 aromatic rings. The van der Waals surface area contributed by atoms with E-state index in [1.807, 2.05) is 24.4 Å². The molecule has 1 aromatic heterocycles. The minimum atomic E-state index is 0.790. The maximum absolute atomic E-state index is 4.05. The van der Waals surface area contributed by atoms with E-state index in [0.717, 1.165) is 17.9 Å². The Balaban J connectivity index is 1.84. The van der Waals surface area contributed by atoms with Crippen molar-refractivity contribution < 1.29 is 0 Å². The van der Waals surface area contributed by atoms with E-state index in [4.69, 9.17) is 0 Å². The maximum atomic E-state index is 4.05. The number of hydrogen-bond acceptors (Lipinski definition) is 3. The molecule has 0 aliphatic rings. The third kappa shape index (κ3) is 2.54. The van der Waals surface area contributed by atoms with Crippen LogP contribution < -0.4 is 5.32 Å². The minimum absolute atomic E-state index is 0.790. The van der Waals surface area contributed by atoms with Gasteiger partial charge in [-0.25, -0.2) is 4.68 Å². The highest BCUT2D eigenvalue weighted by Crippen LogP contribution is 2.20. The summed E-state index contributed by atoms with van der Waals surface area (Å²) >= 11 is 0. The molecule has 0 unspecified atom stereocenters. The van der Waals surface area contributed by atoms with Crippen LogP contribution in [0.3, 0.4) is 0 Å². The molecule has 2 aromatic carbocycles. The molecule has 0 saturated carbocycles. The normalized spacial score (nSPS) is 10.4. The van der Waals surface area contributed by atoms with E-state index < -0.39 is 0 Å². The van der Waals surface area contributed by atoms with E-state index in [1.165, 1.54) is 11.1 Å². The van der Waals surface area contributed by atoms with Gasteiger partial charge in [0.2, 0.25) is 0 Å². The third-order valence-corrected chi connectivity index (χ3v) is 3.30.